The van der Waals surface area contributed by atoms with Gasteiger partial charge in [0.15, 0.2) is 0 Å². The van der Waals surface area contributed by atoms with E-state index < -0.39 is 0 Å². The molecule has 0 unspecified atom stereocenters. The molecule has 0 spiro atoms. The third-order valence-corrected chi connectivity index (χ3v) is 5.96. The Hall–Kier alpha value is -2.72. The smallest absolute Gasteiger partial charge is 0.355 e. The van der Waals surface area contributed by atoms with Crippen molar-refractivity contribution in [3.8, 4) is 0 Å². The van der Waals surface area contributed by atoms with Crippen LogP contribution in [-0.2, 0) is 0 Å². The highest BCUT2D eigenvalue weighted by molar-refractivity contribution is 6.57. The molecule has 2 aromatic rings. The van der Waals surface area contributed by atoms with Crippen molar-refractivity contribution in [2.45, 2.75) is 39.8 Å². The monoisotopic (exact) mass is 367 g/mol. The average molecular weight is 367 g/mol. The fourth-order valence-corrected chi connectivity index (χ4v) is 4.90. The summed E-state index contributed by atoms with van der Waals surface area (Å²) in [7, 11) is 0.138. The van der Waals surface area contributed by atoms with Crippen molar-refractivity contribution in [3.05, 3.63) is 83.2 Å². The molecule has 0 bridgehead atoms. The number of hydrogen-bond acceptors (Lipinski definition) is 3. The summed E-state index contributed by atoms with van der Waals surface area (Å²) in [5.41, 5.74) is 7.82. The van der Waals surface area contributed by atoms with Gasteiger partial charge < -0.3 is 9.62 Å². The summed E-state index contributed by atoms with van der Waals surface area (Å²) in [4.78, 5) is 7.51. The number of benzene rings is 2. The van der Waals surface area contributed by atoms with E-state index in [0.717, 1.165) is 0 Å². The first-order valence-corrected chi connectivity index (χ1v) is 10.2. The van der Waals surface area contributed by atoms with Gasteiger partial charge in [-0.2, -0.15) is 0 Å². The predicted molar refractivity (Wildman–Crippen MR) is 119 cm³/mol. The lowest BCUT2D eigenvalue weighted by atomic mass is 9.80. The first-order chi connectivity index (χ1) is 13.6. The van der Waals surface area contributed by atoms with E-state index in [1.54, 1.807) is 0 Å². The molecular formula is C24H26BN3. The summed E-state index contributed by atoms with van der Waals surface area (Å²) in [5.74, 6) is 0. The molecule has 0 fully saturated rings. The summed E-state index contributed by atoms with van der Waals surface area (Å²) < 4.78 is 0. The molecule has 0 amide bonds. The van der Waals surface area contributed by atoms with Gasteiger partial charge >= 0.3 is 7.12 Å². The van der Waals surface area contributed by atoms with Gasteiger partial charge in [-0.1, -0.05) is 76.2 Å². The Morgan fingerprint density at radius 3 is 1.54 bits per heavy atom. The minimum absolute atomic E-state index is 0.138. The van der Waals surface area contributed by atoms with Gasteiger partial charge in [-0.3, -0.25) is 4.81 Å². The molecule has 0 saturated heterocycles. The maximum Gasteiger partial charge on any atom is 0.479 e. The van der Waals surface area contributed by atoms with Crippen molar-refractivity contribution < 1.29 is 0 Å². The standard InChI is InChI=1S/C24H26BN3/c1-17(2)28(18(3)4)25-26-15-13-19-9-5-7-11-21(19)23(26)24-22-12-8-6-10-20(22)14-16-27(24)25/h5-18H,1-4H3. The summed E-state index contributed by atoms with van der Waals surface area (Å²) in [5, 5.41) is 0. The molecule has 0 radical (unpaired) electrons. The predicted octanol–water partition coefficient (Wildman–Crippen LogP) is 5.20. The molecule has 3 aliphatic rings. The Morgan fingerprint density at radius 2 is 1.11 bits per heavy atom. The third-order valence-electron chi connectivity index (χ3n) is 5.96. The van der Waals surface area contributed by atoms with Crippen LogP contribution in [0.4, 0.5) is 0 Å². The molecule has 0 N–H and O–H groups in total. The van der Waals surface area contributed by atoms with Crippen molar-refractivity contribution in [2.24, 2.45) is 0 Å². The van der Waals surface area contributed by atoms with Crippen LogP contribution in [0.15, 0.2) is 60.9 Å². The molecule has 0 atom stereocenters. The SMILES string of the molecule is CC(C)N(B1N2C=Cc3ccccc3C2=C2c3ccccc3C=CN12)C(C)C. The molecular weight excluding hydrogens is 341 g/mol. The molecule has 0 aromatic heterocycles. The van der Waals surface area contributed by atoms with Crippen LogP contribution in [0.3, 0.4) is 0 Å². The van der Waals surface area contributed by atoms with Crippen LogP contribution in [0.2, 0.25) is 0 Å². The molecule has 3 heterocycles. The molecule has 0 saturated carbocycles. The van der Waals surface area contributed by atoms with Gasteiger partial charge in [0.25, 0.3) is 0 Å². The molecule has 0 aliphatic carbocycles. The Bertz CT molecular complexity index is 939. The number of nitrogens with zero attached hydrogens (tertiary/aromatic N) is 3. The van der Waals surface area contributed by atoms with Gasteiger partial charge in [-0.15, -0.1) is 0 Å². The van der Waals surface area contributed by atoms with E-state index in [2.05, 4.69) is 115 Å². The van der Waals surface area contributed by atoms with Crippen LogP contribution < -0.4 is 0 Å². The summed E-state index contributed by atoms with van der Waals surface area (Å²) in [6.07, 6.45) is 9.03. The van der Waals surface area contributed by atoms with Gasteiger partial charge in [0.1, 0.15) is 0 Å². The van der Waals surface area contributed by atoms with Gasteiger partial charge in [-0.05, 0) is 47.8 Å². The summed E-state index contributed by atoms with van der Waals surface area (Å²) in [6, 6.07) is 18.3. The molecule has 140 valence electrons. The highest BCUT2D eigenvalue weighted by Crippen LogP contribution is 2.47. The van der Waals surface area contributed by atoms with E-state index in [1.807, 2.05) is 0 Å². The number of fused-ring (bicyclic) bond motifs is 6. The zero-order chi connectivity index (χ0) is 19.4. The highest BCUT2D eigenvalue weighted by atomic mass is 15.4. The second-order valence-electron chi connectivity index (χ2n) is 8.30. The second kappa shape index (κ2) is 6.42. The van der Waals surface area contributed by atoms with E-state index in [1.165, 1.54) is 33.6 Å². The first kappa shape index (κ1) is 17.4. The van der Waals surface area contributed by atoms with Crippen LogP contribution in [-0.4, -0.2) is 33.6 Å². The molecule has 2 aromatic carbocycles. The lowest BCUT2D eigenvalue weighted by Gasteiger charge is -2.41. The average Bonchev–Trinajstić information content (AvgIpc) is 3.03. The Kier molecular flexibility index (Phi) is 3.99. The number of hydrogen-bond donors (Lipinski definition) is 0. The maximum atomic E-state index is 2.59. The Labute approximate surface area is 168 Å². The van der Waals surface area contributed by atoms with E-state index in [4.69, 9.17) is 0 Å². The van der Waals surface area contributed by atoms with Crippen molar-refractivity contribution in [1.29, 1.82) is 0 Å². The van der Waals surface area contributed by atoms with E-state index in [9.17, 15) is 0 Å². The van der Waals surface area contributed by atoms with E-state index in [0.29, 0.717) is 12.1 Å². The Balaban J connectivity index is 1.78. The molecule has 5 rings (SSSR count). The minimum atomic E-state index is 0.138. The van der Waals surface area contributed by atoms with Gasteiger partial charge in [0.05, 0.1) is 11.4 Å². The normalized spacial score (nSPS) is 16.9. The zero-order valence-electron chi connectivity index (χ0n) is 17.0. The lowest BCUT2D eigenvalue weighted by Crippen LogP contribution is -2.60. The van der Waals surface area contributed by atoms with Crippen molar-refractivity contribution in [2.75, 3.05) is 0 Å². The third kappa shape index (κ3) is 2.41. The number of rotatable bonds is 3. The molecule has 3 nitrogen and oxygen atoms in total. The van der Waals surface area contributed by atoms with E-state index in [-0.39, 0.29) is 7.12 Å². The fraction of sp³-hybridized carbons (Fsp3) is 0.250. The van der Waals surface area contributed by atoms with Crippen LogP contribution in [0.5, 0.6) is 0 Å². The Morgan fingerprint density at radius 1 is 0.679 bits per heavy atom. The second-order valence-corrected chi connectivity index (χ2v) is 8.30. The fourth-order valence-electron chi connectivity index (χ4n) is 4.90. The highest BCUT2D eigenvalue weighted by Gasteiger charge is 2.49. The lowest BCUT2D eigenvalue weighted by molar-refractivity contribution is 0.274. The van der Waals surface area contributed by atoms with E-state index >= 15 is 0 Å². The molecule has 3 aliphatic heterocycles. The largest absolute Gasteiger partial charge is 0.479 e. The summed E-state index contributed by atoms with van der Waals surface area (Å²) in [6.45, 7) is 9.17. The van der Waals surface area contributed by atoms with Crippen LogP contribution in [0.1, 0.15) is 49.9 Å². The van der Waals surface area contributed by atoms with Crippen molar-refractivity contribution >= 4 is 30.7 Å². The molecule has 4 heteroatoms. The van der Waals surface area contributed by atoms with Gasteiger partial charge in [0.2, 0.25) is 0 Å². The topological polar surface area (TPSA) is 9.72 Å². The van der Waals surface area contributed by atoms with Crippen LogP contribution >= 0.6 is 0 Å². The van der Waals surface area contributed by atoms with Crippen molar-refractivity contribution in [1.82, 2.24) is 14.4 Å². The van der Waals surface area contributed by atoms with Crippen molar-refractivity contribution in [3.63, 3.8) is 0 Å². The van der Waals surface area contributed by atoms with Crippen LogP contribution in [0, 0.1) is 0 Å². The zero-order valence-corrected chi connectivity index (χ0v) is 17.0. The summed E-state index contributed by atoms with van der Waals surface area (Å²) >= 11 is 0. The quantitative estimate of drug-likeness (QED) is 0.690. The van der Waals surface area contributed by atoms with Gasteiger partial charge in [-0.25, -0.2) is 0 Å². The first-order valence-electron chi connectivity index (χ1n) is 10.2. The minimum Gasteiger partial charge on any atom is -0.355 e. The van der Waals surface area contributed by atoms with Gasteiger partial charge in [0, 0.05) is 11.1 Å². The van der Waals surface area contributed by atoms with Crippen LogP contribution in [0.25, 0.3) is 23.5 Å². The molecule has 28 heavy (non-hydrogen) atoms. The maximum absolute atomic E-state index is 2.59.